The van der Waals surface area contributed by atoms with Gasteiger partial charge in [-0.1, -0.05) is 0 Å². The summed E-state index contributed by atoms with van der Waals surface area (Å²) in [6, 6.07) is -0.108. The summed E-state index contributed by atoms with van der Waals surface area (Å²) in [6.07, 6.45) is 8.14. The van der Waals surface area contributed by atoms with Gasteiger partial charge in [-0.15, -0.1) is 0 Å². The number of ether oxygens (including phenoxy) is 1. The van der Waals surface area contributed by atoms with Crippen molar-refractivity contribution in [3.63, 3.8) is 0 Å². The van der Waals surface area contributed by atoms with Crippen molar-refractivity contribution >= 4 is 17.9 Å². The largest absolute Gasteiger partial charge is 0.439 e. The molecule has 0 atom stereocenters. The van der Waals surface area contributed by atoms with Gasteiger partial charge in [0.25, 0.3) is 5.91 Å². The first-order valence-electron chi connectivity index (χ1n) is 9.82. The lowest BCUT2D eigenvalue weighted by molar-refractivity contribution is -0.159. The van der Waals surface area contributed by atoms with Crippen LogP contribution in [0.25, 0.3) is 0 Å². The van der Waals surface area contributed by atoms with Crippen LogP contribution in [0.15, 0.2) is 0 Å². The smallest absolute Gasteiger partial charge is 0.417 e. The highest BCUT2D eigenvalue weighted by molar-refractivity contribution is 5.98. The Bertz CT molecular complexity index is 572. The summed E-state index contributed by atoms with van der Waals surface area (Å²) in [4.78, 5) is 40.2. The average molecular weight is 346 g/mol. The van der Waals surface area contributed by atoms with Gasteiger partial charge in [0.1, 0.15) is 0 Å². The molecular weight excluding hydrogens is 320 g/mol. The van der Waals surface area contributed by atoms with Crippen molar-refractivity contribution in [1.29, 1.82) is 0 Å². The molecule has 0 radical (unpaired) electrons. The fraction of sp³-hybridized carbons (Fsp3) is 0.842. The van der Waals surface area contributed by atoms with Gasteiger partial charge in [0.05, 0.1) is 5.41 Å². The maximum Gasteiger partial charge on any atom is 0.417 e. The number of rotatable bonds is 2. The van der Waals surface area contributed by atoms with Crippen molar-refractivity contribution in [3.05, 3.63) is 0 Å². The van der Waals surface area contributed by atoms with E-state index in [-0.39, 0.29) is 24.0 Å². The number of piperidine rings is 1. The van der Waals surface area contributed by atoms with Crippen molar-refractivity contribution in [2.45, 2.75) is 57.4 Å². The summed E-state index contributed by atoms with van der Waals surface area (Å²) in [7, 11) is 0. The number of imide groups is 1. The van der Waals surface area contributed by atoms with Crippen LogP contribution in [0.3, 0.4) is 0 Å². The van der Waals surface area contributed by atoms with Gasteiger partial charge >= 0.3 is 6.09 Å². The Hall–Kier alpha value is -1.59. The predicted octanol–water partition coefficient (Wildman–Crippen LogP) is 2.17. The third-order valence-electron chi connectivity index (χ3n) is 7.39. The van der Waals surface area contributed by atoms with E-state index in [0.717, 1.165) is 37.0 Å². The Labute approximate surface area is 147 Å². The molecule has 6 fully saturated rings. The molecule has 0 aromatic rings. The number of carbonyl (C=O) groups is 3. The highest BCUT2D eigenvalue weighted by Gasteiger charge is 2.55. The van der Waals surface area contributed by atoms with Crippen LogP contribution in [0.1, 0.15) is 51.4 Å². The minimum absolute atomic E-state index is 0.0933. The molecule has 4 saturated carbocycles. The molecule has 0 spiro atoms. The van der Waals surface area contributed by atoms with Gasteiger partial charge in [-0.25, -0.2) is 9.69 Å². The second kappa shape index (κ2) is 5.45. The second-order valence-corrected chi connectivity index (χ2v) is 9.04. The van der Waals surface area contributed by atoms with Gasteiger partial charge in [0, 0.05) is 19.1 Å². The van der Waals surface area contributed by atoms with Crippen LogP contribution in [0, 0.1) is 23.2 Å². The van der Waals surface area contributed by atoms with Crippen LogP contribution in [0.5, 0.6) is 0 Å². The first kappa shape index (κ1) is 15.6. The van der Waals surface area contributed by atoms with Crippen LogP contribution >= 0.6 is 0 Å². The molecule has 0 aromatic heterocycles. The van der Waals surface area contributed by atoms with E-state index in [1.165, 1.54) is 24.2 Å². The third kappa shape index (κ3) is 2.40. The SMILES string of the molecule is O=C1COC(=O)N1C1CCN(C(=O)C23CC4CC(CC(C4)C2)C3)CC1. The van der Waals surface area contributed by atoms with E-state index in [0.29, 0.717) is 31.8 Å². The van der Waals surface area contributed by atoms with Crippen LogP contribution in [0.4, 0.5) is 4.79 Å². The van der Waals surface area contributed by atoms with Gasteiger partial charge in [0.15, 0.2) is 6.61 Å². The van der Waals surface area contributed by atoms with E-state index in [1.54, 1.807) is 0 Å². The van der Waals surface area contributed by atoms with Crippen LogP contribution in [-0.4, -0.2) is 53.4 Å². The lowest BCUT2D eigenvalue weighted by Crippen LogP contribution is -2.57. The van der Waals surface area contributed by atoms with Crippen molar-refractivity contribution in [3.8, 4) is 0 Å². The number of hydrogen-bond donors (Lipinski definition) is 0. The number of cyclic esters (lactones) is 1. The molecule has 6 heteroatoms. The first-order chi connectivity index (χ1) is 12.0. The maximum absolute atomic E-state index is 13.4. The standard InChI is InChI=1S/C19H26N2O4/c22-16-11-25-18(24)21(16)15-1-3-20(4-2-15)17(23)19-8-12-5-13(9-19)7-14(6-12)10-19/h12-15H,1-11H2. The van der Waals surface area contributed by atoms with Gasteiger partial charge in [-0.05, 0) is 69.1 Å². The van der Waals surface area contributed by atoms with Gasteiger partial charge in [0.2, 0.25) is 5.91 Å². The highest BCUT2D eigenvalue weighted by atomic mass is 16.6. The Balaban J connectivity index is 1.26. The topological polar surface area (TPSA) is 66.9 Å². The number of nitrogens with zero attached hydrogens (tertiary/aromatic N) is 2. The van der Waals surface area contributed by atoms with E-state index in [4.69, 9.17) is 4.74 Å². The maximum atomic E-state index is 13.4. The normalized spacial score (nSPS) is 40.7. The molecule has 2 saturated heterocycles. The number of hydrogen-bond acceptors (Lipinski definition) is 4. The molecule has 4 bridgehead atoms. The summed E-state index contributed by atoms with van der Waals surface area (Å²) >= 11 is 0. The number of likely N-dealkylation sites (tertiary alicyclic amines) is 1. The second-order valence-electron chi connectivity index (χ2n) is 9.04. The zero-order chi connectivity index (χ0) is 17.2. The zero-order valence-electron chi connectivity index (χ0n) is 14.6. The first-order valence-corrected chi connectivity index (χ1v) is 9.82. The molecule has 4 aliphatic carbocycles. The minimum Gasteiger partial charge on any atom is -0.439 e. The van der Waals surface area contributed by atoms with Gasteiger partial charge in [-0.3, -0.25) is 9.59 Å². The van der Waals surface area contributed by atoms with E-state index in [9.17, 15) is 14.4 Å². The Morgan fingerprint density at radius 2 is 1.52 bits per heavy atom. The van der Waals surface area contributed by atoms with Gasteiger partial charge in [-0.2, -0.15) is 0 Å². The Kier molecular flexibility index (Phi) is 3.41. The molecule has 6 aliphatic rings. The molecule has 0 N–H and O–H groups in total. The van der Waals surface area contributed by atoms with E-state index >= 15 is 0 Å². The van der Waals surface area contributed by atoms with Crippen molar-refractivity contribution < 1.29 is 19.1 Å². The molecule has 3 amide bonds. The summed E-state index contributed by atoms with van der Waals surface area (Å²) in [6.45, 7) is 1.18. The molecular formula is C19H26N2O4. The van der Waals surface area contributed by atoms with Crippen LogP contribution in [-0.2, 0) is 14.3 Å². The number of amides is 3. The minimum atomic E-state index is -0.518. The molecule has 6 rings (SSSR count). The predicted molar refractivity (Wildman–Crippen MR) is 88.4 cm³/mol. The number of carbonyl (C=O) groups excluding carboxylic acids is 3. The Morgan fingerprint density at radius 1 is 0.960 bits per heavy atom. The molecule has 0 unspecified atom stereocenters. The molecule has 6 nitrogen and oxygen atoms in total. The van der Waals surface area contributed by atoms with Crippen LogP contribution in [0.2, 0.25) is 0 Å². The van der Waals surface area contributed by atoms with Crippen molar-refractivity contribution in [2.75, 3.05) is 19.7 Å². The summed E-state index contributed by atoms with van der Waals surface area (Å²) in [5.41, 5.74) is -0.0933. The third-order valence-corrected chi connectivity index (χ3v) is 7.39. The molecule has 2 heterocycles. The van der Waals surface area contributed by atoms with Gasteiger partial charge < -0.3 is 9.64 Å². The quantitative estimate of drug-likeness (QED) is 0.768. The van der Waals surface area contributed by atoms with Crippen LogP contribution < -0.4 is 0 Å². The summed E-state index contributed by atoms with van der Waals surface area (Å²) in [5, 5.41) is 0. The van der Waals surface area contributed by atoms with Crippen molar-refractivity contribution in [1.82, 2.24) is 9.80 Å². The fourth-order valence-electron chi connectivity index (χ4n) is 6.75. The van der Waals surface area contributed by atoms with E-state index in [1.807, 2.05) is 4.90 Å². The summed E-state index contributed by atoms with van der Waals surface area (Å²) < 4.78 is 4.83. The van der Waals surface area contributed by atoms with Crippen molar-refractivity contribution in [2.24, 2.45) is 23.2 Å². The fourth-order valence-corrected chi connectivity index (χ4v) is 6.75. The monoisotopic (exact) mass is 346 g/mol. The molecule has 2 aliphatic heterocycles. The Morgan fingerprint density at radius 3 is 2.00 bits per heavy atom. The lowest BCUT2D eigenvalue weighted by Gasteiger charge is -2.57. The zero-order valence-corrected chi connectivity index (χ0v) is 14.6. The van der Waals surface area contributed by atoms with E-state index in [2.05, 4.69) is 0 Å². The molecule has 136 valence electrons. The molecule has 25 heavy (non-hydrogen) atoms. The average Bonchev–Trinajstić information content (AvgIpc) is 2.92. The van der Waals surface area contributed by atoms with E-state index < -0.39 is 6.09 Å². The lowest BCUT2D eigenvalue weighted by atomic mass is 9.49. The molecule has 0 aromatic carbocycles. The summed E-state index contributed by atoms with van der Waals surface area (Å²) in [5.74, 6) is 2.43. The highest BCUT2D eigenvalue weighted by Crippen LogP contribution is 2.60.